The van der Waals surface area contributed by atoms with Crippen molar-refractivity contribution in [2.45, 2.75) is 56.8 Å². The Morgan fingerprint density at radius 1 is 0.889 bits per heavy atom. The minimum Gasteiger partial charge on any atom is -0.330 e. The zero-order chi connectivity index (χ0) is 12.5. The topological polar surface area (TPSA) is 26.0 Å². The zero-order valence-electron chi connectivity index (χ0n) is 11.3. The molecule has 0 amide bonds. The molecule has 1 nitrogen and oxygen atoms in total. The first-order valence-electron chi connectivity index (χ1n) is 7.59. The van der Waals surface area contributed by atoms with Gasteiger partial charge in [-0.25, -0.2) is 0 Å². The predicted octanol–water partition coefficient (Wildman–Crippen LogP) is 4.02. The monoisotopic (exact) mass is 243 g/mol. The Hall–Kier alpha value is -0.820. The van der Waals surface area contributed by atoms with Crippen LogP contribution in [-0.4, -0.2) is 6.54 Å². The summed E-state index contributed by atoms with van der Waals surface area (Å²) in [6.45, 7) is 0.856. The van der Waals surface area contributed by atoms with Gasteiger partial charge in [-0.3, -0.25) is 0 Å². The van der Waals surface area contributed by atoms with Gasteiger partial charge in [0.25, 0.3) is 0 Å². The summed E-state index contributed by atoms with van der Waals surface area (Å²) < 4.78 is 0. The minimum atomic E-state index is 0.450. The van der Waals surface area contributed by atoms with E-state index in [0.29, 0.717) is 10.8 Å². The third-order valence-corrected chi connectivity index (χ3v) is 5.73. The number of hydrogen-bond acceptors (Lipinski definition) is 1. The zero-order valence-corrected chi connectivity index (χ0v) is 11.3. The van der Waals surface area contributed by atoms with Gasteiger partial charge in [-0.15, -0.1) is 0 Å². The van der Waals surface area contributed by atoms with Crippen LogP contribution in [0.4, 0.5) is 0 Å². The highest BCUT2D eigenvalue weighted by atomic mass is 14.6. The Bertz CT molecular complexity index is 385. The fraction of sp³-hybridized carbons (Fsp3) is 0.647. The van der Waals surface area contributed by atoms with Crippen molar-refractivity contribution in [3.8, 4) is 0 Å². The molecule has 2 saturated carbocycles. The lowest BCUT2D eigenvalue weighted by Crippen LogP contribution is -2.49. The Kier molecular flexibility index (Phi) is 3.19. The van der Waals surface area contributed by atoms with Gasteiger partial charge in [0.1, 0.15) is 0 Å². The normalized spacial score (nSPS) is 24.7. The maximum absolute atomic E-state index is 5.93. The van der Waals surface area contributed by atoms with Crippen LogP contribution in [-0.2, 0) is 5.41 Å². The molecule has 0 unspecified atom stereocenters. The SMILES string of the molecule is NCCC1(C2(c3ccccc3)CCCC2)CCC1. The predicted molar refractivity (Wildman–Crippen MR) is 76.5 cm³/mol. The van der Waals surface area contributed by atoms with E-state index in [1.165, 1.54) is 51.4 Å². The van der Waals surface area contributed by atoms with Crippen molar-refractivity contribution < 1.29 is 0 Å². The third-order valence-electron chi connectivity index (χ3n) is 5.73. The van der Waals surface area contributed by atoms with E-state index in [1.54, 1.807) is 5.56 Å². The maximum atomic E-state index is 5.93. The molecule has 0 saturated heterocycles. The van der Waals surface area contributed by atoms with E-state index in [2.05, 4.69) is 30.3 Å². The van der Waals surface area contributed by atoms with E-state index in [9.17, 15) is 0 Å². The van der Waals surface area contributed by atoms with Gasteiger partial charge in [0.05, 0.1) is 0 Å². The molecule has 98 valence electrons. The summed E-state index contributed by atoms with van der Waals surface area (Å²) in [6, 6.07) is 11.3. The van der Waals surface area contributed by atoms with E-state index in [1.807, 2.05) is 0 Å². The fourth-order valence-electron chi connectivity index (χ4n) is 4.71. The van der Waals surface area contributed by atoms with Crippen molar-refractivity contribution >= 4 is 0 Å². The van der Waals surface area contributed by atoms with Crippen LogP contribution in [0.3, 0.4) is 0 Å². The Morgan fingerprint density at radius 2 is 1.56 bits per heavy atom. The largest absolute Gasteiger partial charge is 0.330 e. The van der Waals surface area contributed by atoms with Gasteiger partial charge in [0.2, 0.25) is 0 Å². The highest BCUT2D eigenvalue weighted by Gasteiger charge is 2.55. The van der Waals surface area contributed by atoms with Crippen LogP contribution in [0.25, 0.3) is 0 Å². The first-order valence-corrected chi connectivity index (χ1v) is 7.59. The molecule has 0 radical (unpaired) electrons. The van der Waals surface area contributed by atoms with Crippen molar-refractivity contribution in [2.24, 2.45) is 11.1 Å². The smallest absolute Gasteiger partial charge is 0.000985 e. The molecule has 2 fully saturated rings. The number of nitrogens with two attached hydrogens (primary N) is 1. The molecule has 1 aromatic carbocycles. The lowest BCUT2D eigenvalue weighted by Gasteiger charge is -2.56. The summed E-state index contributed by atoms with van der Waals surface area (Å²) in [7, 11) is 0. The Morgan fingerprint density at radius 3 is 2.06 bits per heavy atom. The minimum absolute atomic E-state index is 0.450. The standard InChI is InChI=1S/C17H25N/c18-14-13-16(9-6-10-16)17(11-4-5-12-17)15-7-2-1-3-8-15/h1-3,7-8H,4-6,9-14,18H2. The number of rotatable bonds is 4. The lowest BCUT2D eigenvalue weighted by atomic mass is 9.49. The Balaban J connectivity index is 2.01. The van der Waals surface area contributed by atoms with Crippen molar-refractivity contribution in [3.63, 3.8) is 0 Å². The molecule has 0 bridgehead atoms. The molecule has 1 heteroatoms. The first kappa shape index (κ1) is 12.2. The van der Waals surface area contributed by atoms with E-state index in [0.717, 1.165) is 6.54 Å². The average Bonchev–Trinajstić information content (AvgIpc) is 2.85. The second-order valence-corrected chi connectivity index (χ2v) is 6.33. The summed E-state index contributed by atoms with van der Waals surface area (Å²) in [5.41, 5.74) is 8.50. The van der Waals surface area contributed by atoms with Crippen LogP contribution in [0.2, 0.25) is 0 Å². The second kappa shape index (κ2) is 4.70. The molecule has 0 atom stereocenters. The summed E-state index contributed by atoms with van der Waals surface area (Å²) in [5.74, 6) is 0. The maximum Gasteiger partial charge on any atom is 0.000985 e. The number of benzene rings is 1. The molecule has 3 rings (SSSR count). The van der Waals surface area contributed by atoms with Gasteiger partial charge in [-0.2, -0.15) is 0 Å². The van der Waals surface area contributed by atoms with Gasteiger partial charge >= 0.3 is 0 Å². The summed E-state index contributed by atoms with van der Waals surface area (Å²) in [4.78, 5) is 0. The molecule has 18 heavy (non-hydrogen) atoms. The van der Waals surface area contributed by atoms with Gasteiger partial charge in [-0.1, -0.05) is 49.6 Å². The van der Waals surface area contributed by atoms with E-state index < -0.39 is 0 Å². The summed E-state index contributed by atoms with van der Waals surface area (Å²) in [6.07, 6.45) is 11.0. The highest BCUT2D eigenvalue weighted by molar-refractivity contribution is 5.31. The molecule has 0 aliphatic heterocycles. The van der Waals surface area contributed by atoms with Crippen molar-refractivity contribution in [2.75, 3.05) is 6.54 Å². The molecule has 0 aromatic heterocycles. The number of hydrogen-bond donors (Lipinski definition) is 1. The van der Waals surface area contributed by atoms with Crippen molar-refractivity contribution in [1.29, 1.82) is 0 Å². The van der Waals surface area contributed by atoms with Gasteiger partial charge in [0.15, 0.2) is 0 Å². The van der Waals surface area contributed by atoms with Gasteiger partial charge in [-0.05, 0) is 49.6 Å². The Labute approximate surface area is 111 Å². The molecule has 2 N–H and O–H groups in total. The average molecular weight is 243 g/mol. The molecule has 0 spiro atoms. The molecule has 2 aliphatic carbocycles. The van der Waals surface area contributed by atoms with E-state index in [-0.39, 0.29) is 0 Å². The molecule has 1 aromatic rings. The third kappa shape index (κ3) is 1.64. The summed E-state index contributed by atoms with van der Waals surface area (Å²) in [5, 5.41) is 0. The van der Waals surface area contributed by atoms with Gasteiger partial charge in [0, 0.05) is 5.41 Å². The fourth-order valence-corrected chi connectivity index (χ4v) is 4.71. The molecule has 2 aliphatic rings. The van der Waals surface area contributed by atoms with Crippen LogP contribution in [0, 0.1) is 5.41 Å². The van der Waals surface area contributed by atoms with Crippen LogP contribution in [0.5, 0.6) is 0 Å². The van der Waals surface area contributed by atoms with E-state index >= 15 is 0 Å². The van der Waals surface area contributed by atoms with Crippen molar-refractivity contribution in [1.82, 2.24) is 0 Å². The van der Waals surface area contributed by atoms with Crippen LogP contribution >= 0.6 is 0 Å². The molecule has 0 heterocycles. The second-order valence-electron chi connectivity index (χ2n) is 6.33. The van der Waals surface area contributed by atoms with Crippen molar-refractivity contribution in [3.05, 3.63) is 35.9 Å². The molecular weight excluding hydrogens is 218 g/mol. The van der Waals surface area contributed by atoms with Crippen LogP contribution in [0.15, 0.2) is 30.3 Å². The summed E-state index contributed by atoms with van der Waals surface area (Å²) >= 11 is 0. The van der Waals surface area contributed by atoms with Crippen LogP contribution < -0.4 is 5.73 Å². The highest BCUT2D eigenvalue weighted by Crippen LogP contribution is 2.63. The quantitative estimate of drug-likeness (QED) is 0.849. The lowest BCUT2D eigenvalue weighted by molar-refractivity contribution is 0.0130. The van der Waals surface area contributed by atoms with E-state index in [4.69, 9.17) is 5.73 Å². The molecular formula is C17H25N. The van der Waals surface area contributed by atoms with Crippen LogP contribution in [0.1, 0.15) is 56.9 Å². The van der Waals surface area contributed by atoms with Gasteiger partial charge < -0.3 is 5.73 Å². The first-order chi connectivity index (χ1) is 8.83.